The van der Waals surface area contributed by atoms with Gasteiger partial charge in [0.2, 0.25) is 0 Å². The zero-order chi connectivity index (χ0) is 15.8. The lowest BCUT2D eigenvalue weighted by Crippen LogP contribution is -2.41. The summed E-state index contributed by atoms with van der Waals surface area (Å²) < 4.78 is 0. The Morgan fingerprint density at radius 3 is 2.62 bits per heavy atom. The number of thioether (sulfide) groups is 1. The van der Waals surface area contributed by atoms with Gasteiger partial charge in [-0.1, -0.05) is 25.1 Å². The van der Waals surface area contributed by atoms with Gasteiger partial charge in [0, 0.05) is 24.5 Å². The number of carbonyl (C=O) groups is 2. The second-order valence-corrected chi connectivity index (χ2v) is 5.70. The Morgan fingerprint density at radius 2 is 2.05 bits per heavy atom. The predicted molar refractivity (Wildman–Crippen MR) is 87.0 cm³/mol. The van der Waals surface area contributed by atoms with Crippen LogP contribution in [0.25, 0.3) is 0 Å². The van der Waals surface area contributed by atoms with Gasteiger partial charge in [-0.25, -0.2) is 4.79 Å². The number of carboxylic acid groups (broad SMARTS) is 1. The molecular weight excluding hydrogens is 288 g/mol. The SMILES string of the molecule is CCC(CSC)N(C)C(=O)Nc1ccccc1CC(=O)O. The van der Waals surface area contributed by atoms with Crippen molar-refractivity contribution in [3.8, 4) is 0 Å². The molecule has 0 aliphatic heterocycles. The Labute approximate surface area is 129 Å². The van der Waals surface area contributed by atoms with E-state index in [4.69, 9.17) is 5.11 Å². The minimum absolute atomic E-state index is 0.109. The van der Waals surface area contributed by atoms with Gasteiger partial charge >= 0.3 is 12.0 Å². The molecule has 2 N–H and O–H groups in total. The molecule has 0 heterocycles. The third kappa shape index (κ3) is 5.30. The maximum absolute atomic E-state index is 12.3. The second-order valence-electron chi connectivity index (χ2n) is 4.79. The number of hydrogen-bond acceptors (Lipinski definition) is 3. The summed E-state index contributed by atoms with van der Waals surface area (Å²) in [7, 11) is 1.76. The molecular formula is C15H22N2O3S. The van der Waals surface area contributed by atoms with Crippen LogP contribution in [0.2, 0.25) is 0 Å². The van der Waals surface area contributed by atoms with E-state index in [9.17, 15) is 9.59 Å². The van der Waals surface area contributed by atoms with E-state index in [0.717, 1.165) is 12.2 Å². The van der Waals surface area contributed by atoms with E-state index >= 15 is 0 Å². The number of anilines is 1. The van der Waals surface area contributed by atoms with Gasteiger partial charge in [-0.3, -0.25) is 4.79 Å². The molecule has 1 atom stereocenters. The molecule has 0 saturated heterocycles. The van der Waals surface area contributed by atoms with Crippen molar-refractivity contribution in [1.82, 2.24) is 4.90 Å². The van der Waals surface area contributed by atoms with Crippen molar-refractivity contribution in [2.75, 3.05) is 24.4 Å². The first-order valence-corrected chi connectivity index (χ1v) is 8.21. The quantitative estimate of drug-likeness (QED) is 0.812. The third-order valence-corrected chi connectivity index (χ3v) is 4.02. The van der Waals surface area contributed by atoms with Crippen LogP contribution in [-0.4, -0.2) is 47.1 Å². The minimum atomic E-state index is -0.918. The van der Waals surface area contributed by atoms with Crippen molar-refractivity contribution in [2.45, 2.75) is 25.8 Å². The van der Waals surface area contributed by atoms with Gasteiger partial charge in [0.05, 0.1) is 6.42 Å². The van der Waals surface area contributed by atoms with Crippen LogP contribution in [0.5, 0.6) is 0 Å². The van der Waals surface area contributed by atoms with E-state index < -0.39 is 5.97 Å². The maximum Gasteiger partial charge on any atom is 0.321 e. The van der Waals surface area contributed by atoms with Crippen LogP contribution in [0, 0.1) is 0 Å². The largest absolute Gasteiger partial charge is 0.481 e. The van der Waals surface area contributed by atoms with Crippen molar-refractivity contribution in [3.63, 3.8) is 0 Å². The number of nitrogens with one attached hydrogen (secondary N) is 1. The van der Waals surface area contributed by atoms with Crippen LogP contribution < -0.4 is 5.32 Å². The number of rotatable bonds is 7. The smallest absolute Gasteiger partial charge is 0.321 e. The Morgan fingerprint density at radius 1 is 1.38 bits per heavy atom. The van der Waals surface area contributed by atoms with Gasteiger partial charge in [0.1, 0.15) is 0 Å². The fraction of sp³-hybridized carbons (Fsp3) is 0.467. The number of aliphatic carboxylic acids is 1. The van der Waals surface area contributed by atoms with Crippen molar-refractivity contribution >= 4 is 29.4 Å². The summed E-state index contributed by atoms with van der Waals surface area (Å²) in [5, 5.41) is 11.7. The number of urea groups is 1. The molecule has 0 aliphatic rings. The van der Waals surface area contributed by atoms with Crippen LogP contribution in [-0.2, 0) is 11.2 Å². The standard InChI is InChI=1S/C15H22N2O3S/c1-4-12(10-21-3)17(2)15(20)16-13-8-6-5-7-11(13)9-14(18)19/h5-8,12H,4,9-10H2,1-3H3,(H,16,20)(H,18,19). The minimum Gasteiger partial charge on any atom is -0.481 e. The van der Waals surface area contributed by atoms with Gasteiger partial charge in [0.15, 0.2) is 0 Å². The summed E-state index contributed by atoms with van der Waals surface area (Å²) in [4.78, 5) is 24.8. The van der Waals surface area contributed by atoms with Gasteiger partial charge in [0.25, 0.3) is 0 Å². The Balaban J connectivity index is 2.80. The first-order valence-electron chi connectivity index (χ1n) is 6.82. The summed E-state index contributed by atoms with van der Waals surface area (Å²) >= 11 is 1.70. The molecule has 1 unspecified atom stereocenters. The first kappa shape index (κ1) is 17.4. The Hall–Kier alpha value is -1.69. The molecule has 1 rings (SSSR count). The lowest BCUT2D eigenvalue weighted by molar-refractivity contribution is -0.136. The predicted octanol–water partition coefficient (Wildman–Crippen LogP) is 2.92. The number of nitrogens with zero attached hydrogens (tertiary/aromatic N) is 1. The zero-order valence-corrected chi connectivity index (χ0v) is 13.4. The molecule has 116 valence electrons. The van der Waals surface area contributed by atoms with Crippen molar-refractivity contribution < 1.29 is 14.7 Å². The normalized spacial score (nSPS) is 11.8. The Bertz CT molecular complexity index is 494. The number of para-hydroxylation sites is 1. The highest BCUT2D eigenvalue weighted by atomic mass is 32.2. The molecule has 0 radical (unpaired) electrons. The number of hydrogen-bond donors (Lipinski definition) is 2. The van der Waals surface area contributed by atoms with E-state index in [1.807, 2.05) is 13.2 Å². The van der Waals surface area contributed by atoms with Crippen molar-refractivity contribution in [3.05, 3.63) is 29.8 Å². The number of benzene rings is 1. The lowest BCUT2D eigenvalue weighted by Gasteiger charge is -2.27. The fourth-order valence-electron chi connectivity index (χ4n) is 2.02. The fourth-order valence-corrected chi connectivity index (χ4v) is 2.87. The van der Waals surface area contributed by atoms with Gasteiger partial charge < -0.3 is 15.3 Å². The molecule has 6 heteroatoms. The number of amides is 2. The molecule has 5 nitrogen and oxygen atoms in total. The van der Waals surface area contributed by atoms with Gasteiger partial charge in [-0.2, -0.15) is 11.8 Å². The number of carboxylic acids is 1. The van der Waals surface area contributed by atoms with Crippen LogP contribution >= 0.6 is 11.8 Å². The molecule has 0 aliphatic carbocycles. The van der Waals surface area contributed by atoms with E-state index in [2.05, 4.69) is 5.32 Å². The first-order chi connectivity index (χ1) is 9.99. The van der Waals surface area contributed by atoms with Crippen LogP contribution in [0.4, 0.5) is 10.5 Å². The highest BCUT2D eigenvalue weighted by Gasteiger charge is 2.19. The van der Waals surface area contributed by atoms with Crippen LogP contribution in [0.3, 0.4) is 0 Å². The van der Waals surface area contributed by atoms with E-state index in [0.29, 0.717) is 11.3 Å². The summed E-state index contributed by atoms with van der Waals surface area (Å²) in [5.41, 5.74) is 1.15. The average molecular weight is 310 g/mol. The topological polar surface area (TPSA) is 69.6 Å². The van der Waals surface area contributed by atoms with E-state index in [1.165, 1.54) is 0 Å². The van der Waals surface area contributed by atoms with E-state index in [1.54, 1.807) is 48.0 Å². The second kappa shape index (κ2) is 8.56. The molecule has 2 amide bonds. The maximum atomic E-state index is 12.3. The highest BCUT2D eigenvalue weighted by Crippen LogP contribution is 2.17. The molecule has 0 spiro atoms. The van der Waals surface area contributed by atoms with Gasteiger partial charge in [-0.15, -0.1) is 0 Å². The average Bonchev–Trinajstić information content (AvgIpc) is 2.45. The molecule has 1 aromatic rings. The van der Waals surface area contributed by atoms with E-state index in [-0.39, 0.29) is 18.5 Å². The monoisotopic (exact) mass is 310 g/mol. The third-order valence-electron chi connectivity index (χ3n) is 3.30. The van der Waals surface area contributed by atoms with Crippen molar-refractivity contribution in [2.24, 2.45) is 0 Å². The molecule has 0 saturated carbocycles. The molecule has 1 aromatic carbocycles. The number of carbonyl (C=O) groups excluding carboxylic acids is 1. The Kier molecular flexibility index (Phi) is 7.08. The lowest BCUT2D eigenvalue weighted by atomic mass is 10.1. The molecule has 0 fully saturated rings. The summed E-state index contributed by atoms with van der Waals surface area (Å²) in [6, 6.07) is 6.92. The highest BCUT2D eigenvalue weighted by molar-refractivity contribution is 7.98. The van der Waals surface area contributed by atoms with Crippen molar-refractivity contribution in [1.29, 1.82) is 0 Å². The zero-order valence-electron chi connectivity index (χ0n) is 12.6. The molecule has 0 aromatic heterocycles. The summed E-state index contributed by atoms with van der Waals surface area (Å²) in [6.45, 7) is 2.04. The summed E-state index contributed by atoms with van der Waals surface area (Å²) in [5.74, 6) is -0.0455. The van der Waals surface area contributed by atoms with Crippen LogP contribution in [0.1, 0.15) is 18.9 Å². The summed E-state index contributed by atoms with van der Waals surface area (Å²) in [6.07, 6.45) is 2.78. The molecule has 0 bridgehead atoms. The molecule has 21 heavy (non-hydrogen) atoms. The van der Waals surface area contributed by atoms with Crippen LogP contribution in [0.15, 0.2) is 24.3 Å². The van der Waals surface area contributed by atoms with Gasteiger partial charge in [-0.05, 0) is 24.3 Å².